The summed E-state index contributed by atoms with van der Waals surface area (Å²) in [5.41, 5.74) is 0.385. The molecule has 0 aromatic heterocycles. The molecule has 2 heterocycles. The van der Waals surface area contributed by atoms with E-state index in [2.05, 4.69) is 24.1 Å². The highest BCUT2D eigenvalue weighted by atomic mass is 127. The molecule has 1 N–H and O–H groups in total. The van der Waals surface area contributed by atoms with Gasteiger partial charge in [0.2, 0.25) is 0 Å². The topological polar surface area (TPSA) is 55.3 Å². The summed E-state index contributed by atoms with van der Waals surface area (Å²) in [7, 11) is 0. The molecule has 26 heavy (non-hydrogen) atoms. The van der Waals surface area contributed by atoms with E-state index < -0.39 is 0 Å². The fourth-order valence-electron chi connectivity index (χ4n) is 3.75. The third kappa shape index (κ3) is 6.21. The zero-order valence-corrected chi connectivity index (χ0v) is 18.7. The molecule has 3 fully saturated rings. The Labute approximate surface area is 175 Å². The molecule has 3 aliphatic rings. The van der Waals surface area contributed by atoms with Gasteiger partial charge in [-0.3, -0.25) is 4.99 Å². The van der Waals surface area contributed by atoms with E-state index in [1.807, 2.05) is 0 Å². The number of hydrogen-bond acceptors (Lipinski definition) is 4. The standard InChI is InChI=1S/C19H35N3O3.HI/c1-3-20-18(21-15-19(7-8-19)9-12-23-4-2)22-10-13-25-17(14-22)16-6-5-11-24-16;/h16-17H,3-15H2,1-2H3,(H,20,21);1H. The van der Waals surface area contributed by atoms with Crippen LogP contribution < -0.4 is 5.32 Å². The number of nitrogens with zero attached hydrogens (tertiary/aromatic N) is 2. The van der Waals surface area contributed by atoms with Gasteiger partial charge in [0.25, 0.3) is 0 Å². The molecule has 1 saturated carbocycles. The van der Waals surface area contributed by atoms with Crippen molar-refractivity contribution in [3.63, 3.8) is 0 Å². The third-order valence-electron chi connectivity index (χ3n) is 5.61. The Morgan fingerprint density at radius 3 is 2.69 bits per heavy atom. The van der Waals surface area contributed by atoms with Crippen molar-refractivity contribution >= 4 is 29.9 Å². The van der Waals surface area contributed by atoms with Gasteiger partial charge in [-0.1, -0.05) is 0 Å². The van der Waals surface area contributed by atoms with Gasteiger partial charge in [0.15, 0.2) is 5.96 Å². The van der Waals surface area contributed by atoms with E-state index >= 15 is 0 Å². The minimum absolute atomic E-state index is 0. The SMILES string of the molecule is CCNC(=NCC1(CCOCC)CC1)N1CCOC(C2CCCO2)C1.I. The summed E-state index contributed by atoms with van der Waals surface area (Å²) in [5.74, 6) is 1.04. The molecule has 0 spiro atoms. The fraction of sp³-hybridized carbons (Fsp3) is 0.947. The molecule has 2 aliphatic heterocycles. The van der Waals surface area contributed by atoms with Crippen LogP contribution in [0.5, 0.6) is 0 Å². The van der Waals surface area contributed by atoms with Crippen molar-refractivity contribution < 1.29 is 14.2 Å². The first kappa shape index (κ1) is 22.2. The van der Waals surface area contributed by atoms with E-state index in [0.717, 1.165) is 77.8 Å². The number of halogens is 1. The Bertz CT molecular complexity index is 440. The average Bonchev–Trinajstić information content (AvgIpc) is 3.19. The minimum Gasteiger partial charge on any atom is -0.382 e. The van der Waals surface area contributed by atoms with Gasteiger partial charge in [0.1, 0.15) is 6.10 Å². The number of nitrogens with one attached hydrogen (secondary N) is 1. The second-order valence-electron chi connectivity index (χ2n) is 7.52. The lowest BCUT2D eigenvalue weighted by Gasteiger charge is -2.37. The summed E-state index contributed by atoms with van der Waals surface area (Å²) in [6.45, 7) is 11.1. The normalized spacial score (nSPS) is 27.9. The molecule has 0 aromatic rings. The van der Waals surface area contributed by atoms with E-state index in [0.29, 0.717) is 5.41 Å². The van der Waals surface area contributed by atoms with Gasteiger partial charge in [-0.05, 0) is 51.4 Å². The second kappa shape index (κ2) is 11.0. The van der Waals surface area contributed by atoms with Crippen molar-refractivity contribution in [2.75, 3.05) is 52.6 Å². The molecule has 152 valence electrons. The van der Waals surface area contributed by atoms with E-state index in [4.69, 9.17) is 19.2 Å². The molecule has 0 bridgehead atoms. The first-order valence-electron chi connectivity index (χ1n) is 10.1. The Hall–Kier alpha value is -0.120. The van der Waals surface area contributed by atoms with Crippen LogP contribution in [0.3, 0.4) is 0 Å². The highest BCUT2D eigenvalue weighted by Gasteiger charge is 2.42. The van der Waals surface area contributed by atoms with Crippen LogP contribution in [0, 0.1) is 5.41 Å². The molecule has 0 radical (unpaired) electrons. The zero-order chi connectivity index (χ0) is 17.5. The summed E-state index contributed by atoms with van der Waals surface area (Å²) in [5, 5.41) is 3.48. The highest BCUT2D eigenvalue weighted by molar-refractivity contribution is 14.0. The van der Waals surface area contributed by atoms with Crippen molar-refractivity contribution in [2.45, 2.75) is 58.2 Å². The number of morpholine rings is 1. The number of hydrogen-bond donors (Lipinski definition) is 1. The van der Waals surface area contributed by atoms with Crippen LogP contribution in [-0.4, -0.2) is 75.7 Å². The van der Waals surface area contributed by atoms with Crippen LogP contribution in [-0.2, 0) is 14.2 Å². The van der Waals surface area contributed by atoms with Gasteiger partial charge in [-0.25, -0.2) is 0 Å². The highest BCUT2D eigenvalue weighted by Crippen LogP contribution is 2.49. The maximum atomic E-state index is 5.98. The van der Waals surface area contributed by atoms with Crippen molar-refractivity contribution in [3.8, 4) is 0 Å². The van der Waals surface area contributed by atoms with E-state index in [-0.39, 0.29) is 36.2 Å². The van der Waals surface area contributed by atoms with Gasteiger partial charge in [0.05, 0.1) is 12.7 Å². The van der Waals surface area contributed by atoms with Gasteiger partial charge >= 0.3 is 0 Å². The van der Waals surface area contributed by atoms with Crippen LogP contribution in [0.4, 0.5) is 0 Å². The average molecular weight is 481 g/mol. The number of rotatable bonds is 8. The summed E-state index contributed by atoms with van der Waals surface area (Å²) >= 11 is 0. The molecule has 2 atom stereocenters. The van der Waals surface area contributed by atoms with Gasteiger partial charge in [-0.2, -0.15) is 0 Å². The Morgan fingerprint density at radius 2 is 2.04 bits per heavy atom. The van der Waals surface area contributed by atoms with E-state index in [1.54, 1.807) is 0 Å². The smallest absolute Gasteiger partial charge is 0.194 e. The molecule has 6 nitrogen and oxygen atoms in total. The molecule has 2 unspecified atom stereocenters. The van der Waals surface area contributed by atoms with Crippen molar-refractivity contribution in [2.24, 2.45) is 10.4 Å². The maximum Gasteiger partial charge on any atom is 0.194 e. The van der Waals surface area contributed by atoms with Crippen LogP contribution in [0.15, 0.2) is 4.99 Å². The lowest BCUT2D eigenvalue weighted by Crippen LogP contribution is -2.53. The predicted octanol–water partition coefficient (Wildman–Crippen LogP) is 2.66. The van der Waals surface area contributed by atoms with Gasteiger partial charge < -0.3 is 24.4 Å². The summed E-state index contributed by atoms with van der Waals surface area (Å²) in [6, 6.07) is 0. The van der Waals surface area contributed by atoms with Crippen LogP contribution in [0.2, 0.25) is 0 Å². The summed E-state index contributed by atoms with van der Waals surface area (Å²) in [4.78, 5) is 7.35. The minimum atomic E-state index is 0. The van der Waals surface area contributed by atoms with Crippen molar-refractivity contribution in [3.05, 3.63) is 0 Å². The van der Waals surface area contributed by atoms with Crippen LogP contribution >= 0.6 is 24.0 Å². The third-order valence-corrected chi connectivity index (χ3v) is 5.61. The molecule has 0 aromatic carbocycles. The van der Waals surface area contributed by atoms with Crippen LogP contribution in [0.1, 0.15) is 46.0 Å². The molecule has 2 saturated heterocycles. The van der Waals surface area contributed by atoms with E-state index in [9.17, 15) is 0 Å². The molecule has 7 heteroatoms. The maximum absolute atomic E-state index is 5.98. The summed E-state index contributed by atoms with van der Waals surface area (Å²) in [6.07, 6.45) is 6.40. The first-order valence-corrected chi connectivity index (χ1v) is 10.1. The molecule has 0 amide bonds. The van der Waals surface area contributed by atoms with Gasteiger partial charge in [-0.15, -0.1) is 24.0 Å². The zero-order valence-electron chi connectivity index (χ0n) is 16.4. The van der Waals surface area contributed by atoms with Crippen LogP contribution in [0.25, 0.3) is 0 Å². The number of guanidine groups is 1. The monoisotopic (exact) mass is 481 g/mol. The number of aliphatic imine (C=N–C) groups is 1. The quantitative estimate of drug-likeness (QED) is 0.250. The lowest BCUT2D eigenvalue weighted by atomic mass is 10.0. The molecular formula is C19H36IN3O3. The lowest BCUT2D eigenvalue weighted by molar-refractivity contribution is -0.0817. The fourth-order valence-corrected chi connectivity index (χ4v) is 3.75. The Kier molecular flexibility index (Phi) is 9.40. The van der Waals surface area contributed by atoms with Gasteiger partial charge in [0, 0.05) is 46.0 Å². The Balaban J connectivity index is 0.00000243. The number of ether oxygens (including phenoxy) is 3. The molecular weight excluding hydrogens is 445 g/mol. The van der Waals surface area contributed by atoms with E-state index in [1.165, 1.54) is 12.8 Å². The van der Waals surface area contributed by atoms with Crippen molar-refractivity contribution in [1.82, 2.24) is 10.2 Å². The second-order valence-corrected chi connectivity index (χ2v) is 7.52. The Morgan fingerprint density at radius 1 is 1.23 bits per heavy atom. The summed E-state index contributed by atoms with van der Waals surface area (Å²) < 4.78 is 17.4. The predicted molar refractivity (Wildman–Crippen MR) is 114 cm³/mol. The first-order chi connectivity index (χ1) is 12.3. The molecule has 3 rings (SSSR count). The molecule has 1 aliphatic carbocycles. The van der Waals surface area contributed by atoms with Crippen molar-refractivity contribution in [1.29, 1.82) is 0 Å². The largest absolute Gasteiger partial charge is 0.382 e.